The number of piperidine rings is 1. The van der Waals surface area contributed by atoms with Gasteiger partial charge in [0.1, 0.15) is 0 Å². The summed E-state index contributed by atoms with van der Waals surface area (Å²) in [5.41, 5.74) is 5.23. The van der Waals surface area contributed by atoms with Gasteiger partial charge in [0.25, 0.3) is 0 Å². The zero-order valence-corrected chi connectivity index (χ0v) is 10.8. The van der Waals surface area contributed by atoms with Crippen molar-refractivity contribution in [2.75, 3.05) is 6.54 Å². The van der Waals surface area contributed by atoms with Gasteiger partial charge in [-0.1, -0.05) is 19.1 Å². The lowest BCUT2D eigenvalue weighted by Crippen LogP contribution is -2.51. The van der Waals surface area contributed by atoms with Crippen LogP contribution in [0.15, 0.2) is 0 Å². The molecule has 16 heavy (non-hydrogen) atoms. The van der Waals surface area contributed by atoms with Gasteiger partial charge in [-0.3, -0.25) is 4.79 Å². The van der Waals surface area contributed by atoms with Crippen molar-refractivity contribution in [3.8, 4) is 0 Å². The van der Waals surface area contributed by atoms with Crippen molar-refractivity contribution in [3.05, 3.63) is 0 Å². The Kier molecular flexibility index (Phi) is 2.95. The summed E-state index contributed by atoms with van der Waals surface area (Å²) in [4.78, 5) is 14.8. The number of carbonyl (C=O) groups is 1. The first-order chi connectivity index (χ1) is 7.49. The summed E-state index contributed by atoms with van der Waals surface area (Å²) in [6.07, 6.45) is 4.01. The van der Waals surface area contributed by atoms with Crippen LogP contribution in [0.5, 0.6) is 0 Å². The quantitative estimate of drug-likeness (QED) is 0.747. The Hall–Kier alpha value is -0.640. The summed E-state index contributed by atoms with van der Waals surface area (Å²) in [7, 11) is 0. The molecular weight excluding hydrogens is 220 g/mol. The van der Waals surface area contributed by atoms with Gasteiger partial charge in [0.15, 0.2) is 0 Å². The van der Waals surface area contributed by atoms with E-state index in [1.165, 1.54) is 6.42 Å². The molecule has 1 aliphatic carbocycles. The summed E-state index contributed by atoms with van der Waals surface area (Å²) < 4.78 is 0. The molecule has 0 spiro atoms. The van der Waals surface area contributed by atoms with Crippen LogP contribution in [0.25, 0.3) is 0 Å². The lowest BCUT2D eigenvalue weighted by molar-refractivity contribution is -0.139. The summed E-state index contributed by atoms with van der Waals surface area (Å²) in [6.45, 7) is 5.22. The third kappa shape index (κ3) is 1.73. The van der Waals surface area contributed by atoms with E-state index in [9.17, 15) is 4.79 Å². The van der Waals surface area contributed by atoms with Gasteiger partial charge >= 0.3 is 0 Å². The Morgan fingerprint density at radius 2 is 2.06 bits per heavy atom. The van der Waals surface area contributed by atoms with E-state index < -0.39 is 5.41 Å². The molecule has 2 unspecified atom stereocenters. The van der Waals surface area contributed by atoms with Crippen molar-refractivity contribution in [1.82, 2.24) is 4.90 Å². The van der Waals surface area contributed by atoms with Crippen LogP contribution < -0.4 is 5.73 Å². The monoisotopic (exact) mass is 240 g/mol. The SMILES string of the molecule is CC1CCCN(C(=O)C2(C(N)=S)CC2)C1C. The Balaban J connectivity index is 2.13. The molecule has 2 fully saturated rings. The molecule has 1 amide bonds. The lowest BCUT2D eigenvalue weighted by Gasteiger charge is -2.39. The molecular formula is C12H20N2OS. The van der Waals surface area contributed by atoms with Crippen LogP contribution >= 0.6 is 12.2 Å². The molecule has 0 bridgehead atoms. The van der Waals surface area contributed by atoms with E-state index in [1.54, 1.807) is 0 Å². The van der Waals surface area contributed by atoms with Crippen molar-refractivity contribution in [1.29, 1.82) is 0 Å². The van der Waals surface area contributed by atoms with E-state index in [0.717, 1.165) is 25.8 Å². The van der Waals surface area contributed by atoms with Crippen LogP contribution in [0.4, 0.5) is 0 Å². The fourth-order valence-corrected chi connectivity index (χ4v) is 2.88. The number of nitrogens with zero attached hydrogens (tertiary/aromatic N) is 1. The van der Waals surface area contributed by atoms with Crippen LogP contribution in [-0.2, 0) is 4.79 Å². The van der Waals surface area contributed by atoms with Crippen LogP contribution in [0.3, 0.4) is 0 Å². The second-order valence-electron chi connectivity index (χ2n) is 5.31. The van der Waals surface area contributed by atoms with E-state index >= 15 is 0 Å². The number of nitrogens with two attached hydrogens (primary N) is 1. The number of thiocarbonyl (C=S) groups is 1. The average Bonchev–Trinajstić information content (AvgIpc) is 3.02. The summed E-state index contributed by atoms with van der Waals surface area (Å²) in [6, 6.07) is 0.327. The van der Waals surface area contributed by atoms with E-state index in [1.807, 2.05) is 4.90 Å². The number of hydrogen-bond donors (Lipinski definition) is 1. The van der Waals surface area contributed by atoms with Crippen molar-refractivity contribution in [2.24, 2.45) is 17.1 Å². The molecule has 0 radical (unpaired) electrons. The van der Waals surface area contributed by atoms with Crippen molar-refractivity contribution >= 4 is 23.1 Å². The van der Waals surface area contributed by atoms with E-state index in [0.29, 0.717) is 16.9 Å². The van der Waals surface area contributed by atoms with Crippen molar-refractivity contribution in [3.63, 3.8) is 0 Å². The molecule has 90 valence electrons. The maximum Gasteiger partial charge on any atom is 0.235 e. The van der Waals surface area contributed by atoms with Crippen LogP contribution in [0.2, 0.25) is 0 Å². The zero-order valence-electron chi connectivity index (χ0n) is 10.0. The molecule has 4 heteroatoms. The predicted octanol–water partition coefficient (Wildman–Crippen LogP) is 1.70. The van der Waals surface area contributed by atoms with Gasteiger partial charge in [0, 0.05) is 12.6 Å². The molecule has 1 saturated carbocycles. The van der Waals surface area contributed by atoms with Crippen molar-refractivity contribution < 1.29 is 4.79 Å². The van der Waals surface area contributed by atoms with E-state index in [-0.39, 0.29) is 5.91 Å². The Morgan fingerprint density at radius 1 is 1.44 bits per heavy atom. The molecule has 1 saturated heterocycles. The first kappa shape index (κ1) is 11.8. The van der Waals surface area contributed by atoms with Crippen molar-refractivity contribution in [2.45, 2.75) is 45.6 Å². The van der Waals surface area contributed by atoms with Gasteiger partial charge in [-0.05, 0) is 38.5 Å². The molecule has 2 N–H and O–H groups in total. The van der Waals surface area contributed by atoms with E-state index in [2.05, 4.69) is 13.8 Å². The Bertz CT molecular complexity index is 325. The second-order valence-corrected chi connectivity index (χ2v) is 5.74. The average molecular weight is 240 g/mol. The van der Waals surface area contributed by atoms with Crippen LogP contribution in [0.1, 0.15) is 39.5 Å². The molecule has 1 aliphatic heterocycles. The van der Waals surface area contributed by atoms with E-state index in [4.69, 9.17) is 18.0 Å². The largest absolute Gasteiger partial charge is 0.392 e. The van der Waals surface area contributed by atoms with Gasteiger partial charge < -0.3 is 10.6 Å². The minimum Gasteiger partial charge on any atom is -0.392 e. The molecule has 0 aromatic rings. The number of carbonyl (C=O) groups excluding carboxylic acids is 1. The first-order valence-corrected chi connectivity index (χ1v) is 6.51. The second kappa shape index (κ2) is 3.99. The van der Waals surface area contributed by atoms with Gasteiger partial charge in [0.2, 0.25) is 5.91 Å². The highest BCUT2D eigenvalue weighted by Crippen LogP contribution is 2.48. The molecule has 0 aromatic carbocycles. The number of likely N-dealkylation sites (tertiary alicyclic amines) is 1. The number of hydrogen-bond acceptors (Lipinski definition) is 2. The molecule has 3 nitrogen and oxygen atoms in total. The van der Waals surface area contributed by atoms with Gasteiger partial charge in [-0.15, -0.1) is 0 Å². The highest BCUT2D eigenvalue weighted by atomic mass is 32.1. The van der Waals surface area contributed by atoms with Crippen LogP contribution in [0, 0.1) is 11.3 Å². The first-order valence-electron chi connectivity index (χ1n) is 6.10. The third-order valence-electron chi connectivity index (χ3n) is 4.27. The summed E-state index contributed by atoms with van der Waals surface area (Å²) >= 11 is 5.04. The highest BCUT2D eigenvalue weighted by Gasteiger charge is 2.55. The predicted molar refractivity (Wildman–Crippen MR) is 68.0 cm³/mol. The van der Waals surface area contributed by atoms with Gasteiger partial charge in [0.05, 0.1) is 10.4 Å². The normalized spacial score (nSPS) is 32.2. The fraction of sp³-hybridized carbons (Fsp3) is 0.833. The molecule has 1 heterocycles. The summed E-state index contributed by atoms with van der Waals surface area (Å²) in [5.74, 6) is 0.763. The maximum absolute atomic E-state index is 12.4. The summed E-state index contributed by atoms with van der Waals surface area (Å²) in [5, 5.41) is 0. The Labute approximate surface area is 102 Å². The van der Waals surface area contributed by atoms with Crippen LogP contribution in [-0.4, -0.2) is 28.4 Å². The minimum absolute atomic E-state index is 0.180. The highest BCUT2D eigenvalue weighted by molar-refractivity contribution is 7.80. The smallest absolute Gasteiger partial charge is 0.235 e. The zero-order chi connectivity index (χ0) is 11.9. The lowest BCUT2D eigenvalue weighted by atomic mass is 9.90. The van der Waals surface area contributed by atoms with Gasteiger partial charge in [-0.25, -0.2) is 0 Å². The molecule has 0 aromatic heterocycles. The topological polar surface area (TPSA) is 46.3 Å². The molecule has 2 rings (SSSR count). The number of amides is 1. The Morgan fingerprint density at radius 3 is 2.56 bits per heavy atom. The minimum atomic E-state index is -0.472. The third-order valence-corrected chi connectivity index (χ3v) is 4.66. The maximum atomic E-state index is 12.4. The molecule has 2 aliphatic rings. The standard InChI is InChI=1S/C12H20N2OS/c1-8-4-3-7-14(9(8)2)11(15)12(5-6-12)10(13)16/h8-9H,3-7H2,1-2H3,(H2,13,16). The number of rotatable bonds is 2. The fourth-order valence-electron chi connectivity index (χ4n) is 2.59. The van der Waals surface area contributed by atoms with Gasteiger partial charge in [-0.2, -0.15) is 0 Å². The molecule has 2 atom stereocenters.